The first-order valence-corrected chi connectivity index (χ1v) is 7.10. The monoisotopic (exact) mass is 298 g/mol. The van der Waals surface area contributed by atoms with E-state index in [1.807, 2.05) is 4.90 Å². The lowest BCUT2D eigenvalue weighted by atomic mass is 10.1. The lowest BCUT2D eigenvalue weighted by Crippen LogP contribution is -2.29. The third kappa shape index (κ3) is 2.63. The highest BCUT2D eigenvalue weighted by molar-refractivity contribution is 5.61. The summed E-state index contributed by atoms with van der Waals surface area (Å²) in [6, 6.07) is 8.00. The summed E-state index contributed by atoms with van der Waals surface area (Å²) >= 11 is 0. The SMILES string of the molecule is N#Cc1nc(-c2ccc([N+](=O)[O-])cc2)oc1N1CCCCC1. The van der Waals surface area contributed by atoms with Crippen molar-refractivity contribution in [2.24, 2.45) is 0 Å². The highest BCUT2D eigenvalue weighted by Gasteiger charge is 2.22. The van der Waals surface area contributed by atoms with Crippen molar-refractivity contribution in [1.82, 2.24) is 4.98 Å². The van der Waals surface area contributed by atoms with Gasteiger partial charge < -0.3 is 9.32 Å². The zero-order chi connectivity index (χ0) is 15.5. The van der Waals surface area contributed by atoms with E-state index in [4.69, 9.17) is 4.42 Å². The second kappa shape index (κ2) is 5.85. The molecule has 0 atom stereocenters. The van der Waals surface area contributed by atoms with Gasteiger partial charge in [-0.3, -0.25) is 10.1 Å². The number of aromatic nitrogens is 1. The van der Waals surface area contributed by atoms with Gasteiger partial charge in [-0.05, 0) is 31.4 Å². The number of nitrogens with zero attached hydrogens (tertiary/aromatic N) is 4. The predicted octanol–water partition coefficient (Wildman–Crippen LogP) is 3.11. The number of piperidine rings is 1. The minimum absolute atomic E-state index is 0.00654. The van der Waals surface area contributed by atoms with Crippen molar-refractivity contribution in [2.45, 2.75) is 19.3 Å². The van der Waals surface area contributed by atoms with E-state index in [2.05, 4.69) is 11.1 Å². The maximum Gasteiger partial charge on any atom is 0.269 e. The van der Waals surface area contributed by atoms with Crippen LogP contribution < -0.4 is 4.90 Å². The van der Waals surface area contributed by atoms with E-state index >= 15 is 0 Å². The number of nitro groups is 1. The summed E-state index contributed by atoms with van der Waals surface area (Å²) in [6.45, 7) is 1.70. The molecule has 1 aromatic heterocycles. The molecule has 0 saturated carbocycles. The Labute approximate surface area is 126 Å². The maximum absolute atomic E-state index is 10.7. The fourth-order valence-electron chi connectivity index (χ4n) is 2.55. The molecule has 1 aliphatic rings. The van der Waals surface area contributed by atoms with E-state index < -0.39 is 4.92 Å². The number of hydrogen-bond donors (Lipinski definition) is 0. The molecule has 7 heteroatoms. The van der Waals surface area contributed by atoms with Crippen LogP contribution in [0.5, 0.6) is 0 Å². The summed E-state index contributed by atoms with van der Waals surface area (Å²) in [7, 11) is 0. The fraction of sp³-hybridized carbons (Fsp3) is 0.333. The van der Waals surface area contributed by atoms with Gasteiger partial charge >= 0.3 is 0 Å². The number of non-ortho nitro benzene ring substituents is 1. The van der Waals surface area contributed by atoms with Crippen LogP contribution in [-0.2, 0) is 0 Å². The first-order chi connectivity index (χ1) is 10.7. The Kier molecular flexibility index (Phi) is 3.74. The van der Waals surface area contributed by atoms with Gasteiger partial charge in [0.15, 0.2) is 0 Å². The van der Waals surface area contributed by atoms with Crippen molar-refractivity contribution in [2.75, 3.05) is 18.0 Å². The van der Waals surface area contributed by atoms with Crippen molar-refractivity contribution >= 4 is 11.6 Å². The Morgan fingerprint density at radius 2 is 1.91 bits per heavy atom. The number of nitriles is 1. The quantitative estimate of drug-likeness (QED) is 0.638. The molecule has 22 heavy (non-hydrogen) atoms. The largest absolute Gasteiger partial charge is 0.419 e. The van der Waals surface area contributed by atoms with Crippen LogP contribution in [0.15, 0.2) is 28.7 Å². The number of rotatable bonds is 3. The molecular formula is C15H14N4O3. The van der Waals surface area contributed by atoms with Gasteiger partial charge in [-0.15, -0.1) is 0 Å². The summed E-state index contributed by atoms with van der Waals surface area (Å²) in [5, 5.41) is 19.9. The first kappa shape index (κ1) is 14.1. The number of oxazole rings is 1. The lowest BCUT2D eigenvalue weighted by Gasteiger charge is -2.25. The van der Waals surface area contributed by atoms with Crippen LogP contribution in [0, 0.1) is 21.4 Å². The van der Waals surface area contributed by atoms with Crippen molar-refractivity contribution < 1.29 is 9.34 Å². The molecule has 0 radical (unpaired) electrons. The molecule has 1 aromatic carbocycles. The van der Waals surface area contributed by atoms with Gasteiger partial charge in [-0.2, -0.15) is 10.2 Å². The second-order valence-corrected chi connectivity index (χ2v) is 5.14. The third-order valence-corrected chi connectivity index (χ3v) is 3.68. The molecule has 1 saturated heterocycles. The van der Waals surface area contributed by atoms with E-state index in [0.29, 0.717) is 17.3 Å². The summed E-state index contributed by atoms with van der Waals surface area (Å²) in [4.78, 5) is 16.5. The van der Waals surface area contributed by atoms with E-state index in [0.717, 1.165) is 25.9 Å². The molecule has 0 N–H and O–H groups in total. The van der Waals surface area contributed by atoms with Crippen LogP contribution in [0.1, 0.15) is 25.0 Å². The molecule has 0 unspecified atom stereocenters. The maximum atomic E-state index is 10.7. The Hall–Kier alpha value is -2.88. The molecular weight excluding hydrogens is 284 g/mol. The smallest absolute Gasteiger partial charge is 0.269 e. The number of benzene rings is 1. The predicted molar refractivity (Wildman–Crippen MR) is 79.4 cm³/mol. The highest BCUT2D eigenvalue weighted by Crippen LogP contribution is 2.30. The minimum atomic E-state index is -0.459. The molecule has 0 bridgehead atoms. The standard InChI is InChI=1S/C15H14N4O3/c16-10-13-15(18-8-2-1-3-9-18)22-14(17-13)11-4-6-12(7-5-11)19(20)21/h4-7H,1-3,8-9H2. The number of anilines is 1. The average molecular weight is 298 g/mol. The van der Waals surface area contributed by atoms with Crippen LogP contribution >= 0.6 is 0 Å². The Morgan fingerprint density at radius 3 is 2.50 bits per heavy atom. The average Bonchev–Trinajstić information content (AvgIpc) is 3.00. The van der Waals surface area contributed by atoms with Crippen molar-refractivity contribution in [1.29, 1.82) is 5.26 Å². The van der Waals surface area contributed by atoms with Gasteiger partial charge in [0.25, 0.3) is 5.69 Å². The Balaban J connectivity index is 1.93. The lowest BCUT2D eigenvalue weighted by molar-refractivity contribution is -0.384. The van der Waals surface area contributed by atoms with Crippen molar-refractivity contribution in [3.63, 3.8) is 0 Å². The highest BCUT2D eigenvalue weighted by atomic mass is 16.6. The van der Waals surface area contributed by atoms with Crippen LogP contribution in [0.4, 0.5) is 11.6 Å². The third-order valence-electron chi connectivity index (χ3n) is 3.68. The van der Waals surface area contributed by atoms with Gasteiger partial charge in [-0.1, -0.05) is 0 Å². The molecule has 0 amide bonds. The molecule has 0 spiro atoms. The van der Waals surface area contributed by atoms with Gasteiger partial charge in [-0.25, -0.2) is 0 Å². The zero-order valence-corrected chi connectivity index (χ0v) is 11.9. The first-order valence-electron chi connectivity index (χ1n) is 7.10. The minimum Gasteiger partial charge on any atom is -0.419 e. The van der Waals surface area contributed by atoms with E-state index in [9.17, 15) is 15.4 Å². The molecule has 112 valence electrons. The summed E-state index contributed by atoms with van der Waals surface area (Å²) in [6.07, 6.45) is 3.32. The molecule has 3 rings (SSSR count). The fourth-order valence-corrected chi connectivity index (χ4v) is 2.55. The topological polar surface area (TPSA) is 96.2 Å². The van der Waals surface area contributed by atoms with Gasteiger partial charge in [0.1, 0.15) is 6.07 Å². The van der Waals surface area contributed by atoms with Gasteiger partial charge in [0, 0.05) is 30.8 Å². The van der Waals surface area contributed by atoms with Crippen LogP contribution in [-0.4, -0.2) is 23.0 Å². The number of nitro benzene ring substituents is 1. The summed E-state index contributed by atoms with van der Waals surface area (Å²) in [5.74, 6) is 0.808. The van der Waals surface area contributed by atoms with Crippen LogP contribution in [0.3, 0.4) is 0 Å². The second-order valence-electron chi connectivity index (χ2n) is 5.14. The van der Waals surface area contributed by atoms with Crippen molar-refractivity contribution in [3.05, 3.63) is 40.1 Å². The molecule has 1 aliphatic heterocycles. The van der Waals surface area contributed by atoms with E-state index in [-0.39, 0.29) is 11.4 Å². The molecule has 2 heterocycles. The number of hydrogen-bond acceptors (Lipinski definition) is 6. The summed E-state index contributed by atoms with van der Waals surface area (Å²) in [5.41, 5.74) is 0.882. The Morgan fingerprint density at radius 1 is 1.23 bits per heavy atom. The van der Waals surface area contributed by atoms with Crippen molar-refractivity contribution in [3.8, 4) is 17.5 Å². The Bertz CT molecular complexity index is 724. The summed E-state index contributed by atoms with van der Waals surface area (Å²) < 4.78 is 5.75. The van der Waals surface area contributed by atoms with E-state index in [1.54, 1.807) is 12.1 Å². The van der Waals surface area contributed by atoms with Gasteiger partial charge in [0.2, 0.25) is 17.5 Å². The van der Waals surface area contributed by atoms with Gasteiger partial charge in [0.05, 0.1) is 4.92 Å². The van der Waals surface area contributed by atoms with Crippen LogP contribution in [0.2, 0.25) is 0 Å². The molecule has 2 aromatic rings. The zero-order valence-electron chi connectivity index (χ0n) is 11.9. The normalized spacial score (nSPS) is 14.6. The molecule has 1 fully saturated rings. The van der Waals surface area contributed by atoms with E-state index in [1.165, 1.54) is 18.6 Å². The molecule has 7 nitrogen and oxygen atoms in total. The molecule has 0 aliphatic carbocycles. The van der Waals surface area contributed by atoms with Crippen LogP contribution in [0.25, 0.3) is 11.5 Å².